The van der Waals surface area contributed by atoms with Crippen LogP contribution in [0.1, 0.15) is 30.9 Å². The molecular weight excluding hydrogens is 264 g/mol. The van der Waals surface area contributed by atoms with Crippen molar-refractivity contribution in [2.45, 2.75) is 31.5 Å². The van der Waals surface area contributed by atoms with Crippen molar-refractivity contribution in [3.05, 3.63) is 35.4 Å². The number of rotatable bonds is 6. The summed E-state index contributed by atoms with van der Waals surface area (Å²) in [6.45, 7) is 1.52. The maximum Gasteiger partial charge on any atom is 0.126 e. The second-order valence-corrected chi connectivity index (χ2v) is 5.76. The zero-order chi connectivity index (χ0) is 14.7. The molecule has 1 aromatic rings. The highest BCUT2D eigenvalue weighted by molar-refractivity contribution is 5.20. The molecule has 1 fully saturated rings. The number of benzene rings is 1. The molecule has 112 valence electrons. The molecule has 2 N–H and O–H groups in total. The van der Waals surface area contributed by atoms with E-state index in [9.17, 15) is 19.0 Å². The summed E-state index contributed by atoms with van der Waals surface area (Å²) in [6.07, 6.45) is 1.07. The zero-order valence-corrected chi connectivity index (χ0v) is 11.6. The summed E-state index contributed by atoms with van der Waals surface area (Å²) in [4.78, 5) is 2.08. The highest BCUT2D eigenvalue weighted by Gasteiger charge is 2.27. The monoisotopic (exact) mass is 285 g/mol. The molecule has 1 aromatic carbocycles. The SMILES string of the molecule is CN(CCC(O)c1cc(F)cc(F)c1)CC1CC(O)C1. The molecule has 3 nitrogen and oxygen atoms in total. The second-order valence-electron chi connectivity index (χ2n) is 5.76. The minimum absolute atomic E-state index is 0.158. The molecule has 0 amide bonds. The largest absolute Gasteiger partial charge is 0.393 e. The first-order valence-corrected chi connectivity index (χ1v) is 6.94. The van der Waals surface area contributed by atoms with Crippen LogP contribution in [-0.2, 0) is 0 Å². The summed E-state index contributed by atoms with van der Waals surface area (Å²) in [5.41, 5.74) is 0.273. The lowest BCUT2D eigenvalue weighted by atomic mass is 9.82. The quantitative estimate of drug-likeness (QED) is 0.841. The van der Waals surface area contributed by atoms with Crippen molar-refractivity contribution in [2.75, 3.05) is 20.1 Å². The number of aliphatic hydroxyl groups excluding tert-OH is 2. The number of nitrogens with zero attached hydrogens (tertiary/aromatic N) is 1. The Morgan fingerprint density at radius 1 is 1.25 bits per heavy atom. The van der Waals surface area contributed by atoms with E-state index in [4.69, 9.17) is 0 Å². The molecule has 1 saturated carbocycles. The second kappa shape index (κ2) is 6.61. The maximum atomic E-state index is 13.1. The first-order valence-electron chi connectivity index (χ1n) is 6.94. The van der Waals surface area contributed by atoms with Gasteiger partial charge in [-0.25, -0.2) is 8.78 Å². The van der Waals surface area contributed by atoms with Crippen LogP contribution < -0.4 is 0 Å². The zero-order valence-electron chi connectivity index (χ0n) is 11.6. The van der Waals surface area contributed by atoms with Gasteiger partial charge in [0.2, 0.25) is 0 Å². The van der Waals surface area contributed by atoms with Crippen molar-refractivity contribution in [1.82, 2.24) is 4.90 Å². The van der Waals surface area contributed by atoms with Gasteiger partial charge in [-0.3, -0.25) is 0 Å². The summed E-state index contributed by atoms with van der Waals surface area (Å²) >= 11 is 0. The van der Waals surface area contributed by atoms with Gasteiger partial charge in [-0.15, -0.1) is 0 Å². The van der Waals surface area contributed by atoms with E-state index in [1.165, 1.54) is 0 Å². The van der Waals surface area contributed by atoms with Crippen LogP contribution in [0.2, 0.25) is 0 Å². The molecule has 1 unspecified atom stereocenters. The highest BCUT2D eigenvalue weighted by Crippen LogP contribution is 2.28. The van der Waals surface area contributed by atoms with Crippen LogP contribution in [0.25, 0.3) is 0 Å². The van der Waals surface area contributed by atoms with Gasteiger partial charge in [0.05, 0.1) is 12.2 Å². The summed E-state index contributed by atoms with van der Waals surface area (Å²) in [5.74, 6) is -0.828. The van der Waals surface area contributed by atoms with Gasteiger partial charge in [0.1, 0.15) is 11.6 Å². The van der Waals surface area contributed by atoms with Gasteiger partial charge in [-0.2, -0.15) is 0 Å². The fourth-order valence-corrected chi connectivity index (χ4v) is 2.66. The van der Waals surface area contributed by atoms with E-state index in [1.807, 2.05) is 7.05 Å². The lowest BCUT2D eigenvalue weighted by molar-refractivity contribution is 0.0262. The van der Waals surface area contributed by atoms with E-state index >= 15 is 0 Å². The maximum absolute atomic E-state index is 13.1. The van der Waals surface area contributed by atoms with Crippen LogP contribution >= 0.6 is 0 Å². The van der Waals surface area contributed by atoms with E-state index in [2.05, 4.69) is 4.90 Å². The number of hydrogen-bond donors (Lipinski definition) is 2. The summed E-state index contributed by atoms with van der Waals surface area (Å²) < 4.78 is 26.1. The molecule has 0 aromatic heterocycles. The van der Waals surface area contributed by atoms with Crippen LogP contribution in [0.15, 0.2) is 18.2 Å². The molecule has 0 spiro atoms. The average molecular weight is 285 g/mol. The summed E-state index contributed by atoms with van der Waals surface area (Å²) in [6, 6.07) is 3.12. The third-order valence-electron chi connectivity index (χ3n) is 3.83. The molecule has 5 heteroatoms. The van der Waals surface area contributed by atoms with Crippen LogP contribution in [0.3, 0.4) is 0 Å². The van der Waals surface area contributed by atoms with E-state index < -0.39 is 17.7 Å². The van der Waals surface area contributed by atoms with Gasteiger partial charge in [0.25, 0.3) is 0 Å². The van der Waals surface area contributed by atoms with Crippen molar-refractivity contribution < 1.29 is 19.0 Å². The summed E-state index contributed by atoms with van der Waals surface area (Å²) in [5, 5.41) is 19.2. The van der Waals surface area contributed by atoms with Crippen LogP contribution in [0.5, 0.6) is 0 Å². The summed E-state index contributed by atoms with van der Waals surface area (Å²) in [7, 11) is 1.95. The van der Waals surface area contributed by atoms with Crippen LogP contribution in [0.4, 0.5) is 8.78 Å². The lowest BCUT2D eigenvalue weighted by Gasteiger charge is -2.34. The van der Waals surface area contributed by atoms with E-state index in [0.29, 0.717) is 18.9 Å². The topological polar surface area (TPSA) is 43.7 Å². The van der Waals surface area contributed by atoms with Crippen molar-refractivity contribution >= 4 is 0 Å². The Balaban J connectivity index is 1.77. The van der Waals surface area contributed by atoms with E-state index in [0.717, 1.165) is 37.6 Å². The minimum atomic E-state index is -0.866. The average Bonchev–Trinajstić information content (AvgIpc) is 2.33. The van der Waals surface area contributed by atoms with E-state index in [-0.39, 0.29) is 11.7 Å². The first-order chi connectivity index (χ1) is 9.44. The lowest BCUT2D eigenvalue weighted by Crippen LogP contribution is -2.37. The van der Waals surface area contributed by atoms with Gasteiger partial charge in [0, 0.05) is 19.2 Å². The van der Waals surface area contributed by atoms with Gasteiger partial charge < -0.3 is 15.1 Å². The molecule has 20 heavy (non-hydrogen) atoms. The number of halogens is 2. The molecular formula is C15H21F2NO2. The van der Waals surface area contributed by atoms with Gasteiger partial charge in [0.15, 0.2) is 0 Å². The van der Waals surface area contributed by atoms with Crippen molar-refractivity contribution in [2.24, 2.45) is 5.92 Å². The standard InChI is InChI=1S/C15H21F2NO2/c1-18(9-10-4-14(19)5-10)3-2-15(20)11-6-12(16)8-13(17)7-11/h6-8,10,14-15,19-20H,2-5,9H2,1H3. The minimum Gasteiger partial charge on any atom is -0.393 e. The fourth-order valence-electron chi connectivity index (χ4n) is 2.66. The Hall–Kier alpha value is -1.04. The van der Waals surface area contributed by atoms with Crippen molar-refractivity contribution in [3.63, 3.8) is 0 Å². The predicted molar refractivity (Wildman–Crippen MR) is 72.2 cm³/mol. The van der Waals surface area contributed by atoms with Gasteiger partial charge >= 0.3 is 0 Å². The van der Waals surface area contributed by atoms with Crippen molar-refractivity contribution in [3.8, 4) is 0 Å². The number of hydrogen-bond acceptors (Lipinski definition) is 3. The Bertz CT molecular complexity index is 429. The predicted octanol–water partition coefficient (Wildman–Crippen LogP) is 2.09. The molecule has 1 aliphatic carbocycles. The molecule has 0 saturated heterocycles. The Morgan fingerprint density at radius 2 is 1.85 bits per heavy atom. The Morgan fingerprint density at radius 3 is 2.40 bits per heavy atom. The highest BCUT2D eigenvalue weighted by atomic mass is 19.1. The van der Waals surface area contributed by atoms with E-state index in [1.54, 1.807) is 0 Å². The number of aliphatic hydroxyl groups is 2. The molecule has 1 aliphatic rings. The fraction of sp³-hybridized carbons (Fsp3) is 0.600. The van der Waals surface area contributed by atoms with Gasteiger partial charge in [-0.05, 0) is 49.9 Å². The molecule has 0 aliphatic heterocycles. The van der Waals surface area contributed by atoms with Crippen LogP contribution in [-0.4, -0.2) is 41.4 Å². The third kappa shape index (κ3) is 4.23. The van der Waals surface area contributed by atoms with Crippen LogP contribution in [0, 0.1) is 17.6 Å². The molecule has 0 radical (unpaired) electrons. The first kappa shape index (κ1) is 15.4. The Kier molecular flexibility index (Phi) is 5.07. The normalized spacial score (nSPS) is 23.7. The smallest absolute Gasteiger partial charge is 0.126 e. The van der Waals surface area contributed by atoms with Crippen molar-refractivity contribution in [1.29, 1.82) is 0 Å². The molecule has 2 rings (SSSR count). The molecule has 1 atom stereocenters. The van der Waals surface area contributed by atoms with Gasteiger partial charge in [-0.1, -0.05) is 0 Å². The third-order valence-corrected chi connectivity index (χ3v) is 3.83. The molecule has 0 bridgehead atoms. The molecule has 0 heterocycles. The Labute approximate surface area is 117 Å².